The number of hydrogen-bond acceptors (Lipinski definition) is 3. The number of aliphatic carboxylic acids is 1. The molecule has 1 unspecified atom stereocenters. The largest absolute Gasteiger partial charge is 0.479 e. The number of carboxylic acid groups (broad SMARTS) is 1. The summed E-state index contributed by atoms with van der Waals surface area (Å²) in [6.07, 6.45) is -0.230. The number of amides is 1. The Morgan fingerprint density at radius 3 is 2.73 bits per heavy atom. The van der Waals surface area contributed by atoms with Gasteiger partial charge in [-0.25, -0.2) is 13.6 Å². The van der Waals surface area contributed by atoms with Gasteiger partial charge in [0.15, 0.2) is 0 Å². The van der Waals surface area contributed by atoms with Crippen molar-refractivity contribution in [3.63, 3.8) is 0 Å². The molecule has 22 heavy (non-hydrogen) atoms. The predicted octanol–water partition coefficient (Wildman–Crippen LogP) is 2.99. The van der Waals surface area contributed by atoms with E-state index in [4.69, 9.17) is 5.11 Å². The smallest absolute Gasteiger partial charge is 0.343 e. The fourth-order valence-electron chi connectivity index (χ4n) is 2.72. The number of hydrogen-bond donors (Lipinski definition) is 1. The first kappa shape index (κ1) is 14.9. The number of fused-ring (bicyclic) bond motifs is 1. The van der Waals surface area contributed by atoms with Gasteiger partial charge in [0.1, 0.15) is 5.82 Å². The number of carbonyl (C=O) groups excluding carboxylic acids is 1. The second-order valence-corrected chi connectivity index (χ2v) is 6.47. The van der Waals surface area contributed by atoms with Crippen LogP contribution >= 0.6 is 11.3 Å². The summed E-state index contributed by atoms with van der Waals surface area (Å²) in [6, 6.07) is 4.60. The van der Waals surface area contributed by atoms with Crippen molar-refractivity contribution in [3.8, 4) is 0 Å². The molecule has 1 aromatic carbocycles. The number of halogens is 2. The highest BCUT2D eigenvalue weighted by atomic mass is 32.1. The fourth-order valence-corrected chi connectivity index (χ4v) is 3.91. The molecule has 1 N–H and O–H groups in total. The zero-order chi connectivity index (χ0) is 16.1. The molecular weight excluding hydrogens is 312 g/mol. The van der Waals surface area contributed by atoms with Gasteiger partial charge < -0.3 is 10.0 Å². The Hall–Kier alpha value is -2.02. The average molecular weight is 325 g/mol. The number of carboxylic acids is 1. The van der Waals surface area contributed by atoms with E-state index >= 15 is 0 Å². The van der Waals surface area contributed by atoms with Crippen molar-refractivity contribution >= 4 is 33.3 Å². The summed E-state index contributed by atoms with van der Waals surface area (Å²) in [5.41, 5.74) is -1.89. The molecule has 1 aromatic heterocycles. The standard InChI is InChI=1S/C15H13F2NO3S/c1-8-11-9(16)3-2-4-10(11)22-12(8)13(19)18-6-5-15(17,7-18)14(20)21/h2-4H,5-7H2,1H3,(H,20,21). The summed E-state index contributed by atoms with van der Waals surface area (Å²) in [5, 5.41) is 9.28. The van der Waals surface area contributed by atoms with E-state index in [9.17, 15) is 18.4 Å². The Balaban J connectivity index is 1.96. The van der Waals surface area contributed by atoms with Crippen LogP contribution in [0.5, 0.6) is 0 Å². The highest BCUT2D eigenvalue weighted by Gasteiger charge is 2.47. The van der Waals surface area contributed by atoms with Gasteiger partial charge in [-0.2, -0.15) is 0 Å². The van der Waals surface area contributed by atoms with E-state index in [2.05, 4.69) is 0 Å². The van der Waals surface area contributed by atoms with Gasteiger partial charge in [-0.3, -0.25) is 4.79 Å². The summed E-state index contributed by atoms with van der Waals surface area (Å²) in [7, 11) is 0. The molecule has 116 valence electrons. The van der Waals surface area contributed by atoms with Crippen molar-refractivity contribution < 1.29 is 23.5 Å². The molecule has 1 aliphatic rings. The molecule has 4 nitrogen and oxygen atoms in total. The normalized spacial score (nSPS) is 21.5. The molecule has 1 amide bonds. The van der Waals surface area contributed by atoms with E-state index in [0.717, 1.165) is 11.3 Å². The van der Waals surface area contributed by atoms with Crippen LogP contribution in [0.15, 0.2) is 18.2 Å². The maximum absolute atomic E-state index is 14.1. The minimum atomic E-state index is -2.40. The lowest BCUT2D eigenvalue weighted by Gasteiger charge is -2.17. The van der Waals surface area contributed by atoms with Gasteiger partial charge in [-0.1, -0.05) is 6.07 Å². The maximum Gasteiger partial charge on any atom is 0.343 e. The summed E-state index contributed by atoms with van der Waals surface area (Å²) >= 11 is 1.14. The van der Waals surface area contributed by atoms with Crippen molar-refractivity contribution in [2.75, 3.05) is 13.1 Å². The number of thiophene rings is 1. The van der Waals surface area contributed by atoms with Crippen LogP contribution in [0, 0.1) is 12.7 Å². The molecule has 2 aromatic rings. The van der Waals surface area contributed by atoms with Gasteiger partial charge in [-0.15, -0.1) is 11.3 Å². The first-order valence-corrected chi connectivity index (χ1v) is 7.54. The van der Waals surface area contributed by atoms with Crippen LogP contribution < -0.4 is 0 Å². The van der Waals surface area contributed by atoms with E-state index in [-0.39, 0.29) is 13.0 Å². The second-order valence-electron chi connectivity index (χ2n) is 5.42. The first-order valence-electron chi connectivity index (χ1n) is 6.73. The SMILES string of the molecule is Cc1c(C(=O)N2CCC(F)(C(=O)O)C2)sc2cccc(F)c12. The molecule has 0 radical (unpaired) electrons. The van der Waals surface area contributed by atoms with Crippen LogP contribution in [0.4, 0.5) is 8.78 Å². The summed E-state index contributed by atoms with van der Waals surface area (Å²) < 4.78 is 28.6. The van der Waals surface area contributed by atoms with Gasteiger partial charge in [0, 0.05) is 23.1 Å². The number of rotatable bonds is 2. The van der Waals surface area contributed by atoms with Crippen LogP contribution in [-0.2, 0) is 4.79 Å². The lowest BCUT2D eigenvalue weighted by Crippen LogP contribution is -2.38. The molecular formula is C15H13F2NO3S. The van der Waals surface area contributed by atoms with E-state index in [1.54, 1.807) is 19.1 Å². The molecule has 0 spiro atoms. The van der Waals surface area contributed by atoms with Crippen molar-refractivity contribution in [3.05, 3.63) is 34.5 Å². The Kier molecular flexibility index (Phi) is 3.40. The fraction of sp³-hybridized carbons (Fsp3) is 0.333. The van der Waals surface area contributed by atoms with Crippen molar-refractivity contribution in [2.24, 2.45) is 0 Å². The third-order valence-electron chi connectivity index (χ3n) is 3.99. The molecule has 2 heterocycles. The summed E-state index contributed by atoms with van der Waals surface area (Å²) in [5.74, 6) is -2.40. The van der Waals surface area contributed by atoms with E-state index in [0.29, 0.717) is 20.5 Å². The van der Waals surface area contributed by atoms with Gasteiger partial charge in [0.2, 0.25) is 5.67 Å². The molecule has 0 bridgehead atoms. The third kappa shape index (κ3) is 2.16. The molecule has 1 aliphatic heterocycles. The van der Waals surface area contributed by atoms with Crippen molar-refractivity contribution in [1.29, 1.82) is 0 Å². The number of benzene rings is 1. The number of alkyl halides is 1. The second kappa shape index (κ2) is 5.01. The highest BCUT2D eigenvalue weighted by molar-refractivity contribution is 7.21. The van der Waals surface area contributed by atoms with Crippen LogP contribution in [0.2, 0.25) is 0 Å². The van der Waals surface area contributed by atoms with Crippen LogP contribution in [-0.4, -0.2) is 40.6 Å². The molecule has 0 saturated carbocycles. The zero-order valence-electron chi connectivity index (χ0n) is 11.7. The van der Waals surface area contributed by atoms with E-state index in [1.165, 1.54) is 11.0 Å². The van der Waals surface area contributed by atoms with Gasteiger partial charge in [-0.05, 0) is 24.6 Å². The molecule has 1 saturated heterocycles. The summed E-state index contributed by atoms with van der Waals surface area (Å²) in [4.78, 5) is 24.9. The minimum absolute atomic E-state index is 0.0395. The number of carbonyl (C=O) groups is 2. The molecule has 3 rings (SSSR count). The van der Waals surface area contributed by atoms with Crippen LogP contribution in [0.3, 0.4) is 0 Å². The predicted molar refractivity (Wildman–Crippen MR) is 78.5 cm³/mol. The average Bonchev–Trinajstić information content (AvgIpc) is 3.02. The zero-order valence-corrected chi connectivity index (χ0v) is 12.5. The van der Waals surface area contributed by atoms with Crippen LogP contribution in [0.1, 0.15) is 21.7 Å². The minimum Gasteiger partial charge on any atom is -0.479 e. The highest BCUT2D eigenvalue weighted by Crippen LogP contribution is 2.35. The van der Waals surface area contributed by atoms with Gasteiger partial charge >= 0.3 is 5.97 Å². The Morgan fingerprint density at radius 1 is 1.41 bits per heavy atom. The van der Waals surface area contributed by atoms with E-state index in [1.807, 2.05) is 0 Å². The van der Waals surface area contributed by atoms with E-state index < -0.39 is 29.9 Å². The Labute approximate surface area is 129 Å². The maximum atomic E-state index is 14.1. The Morgan fingerprint density at radius 2 is 2.14 bits per heavy atom. The lowest BCUT2D eigenvalue weighted by molar-refractivity contribution is -0.149. The van der Waals surface area contributed by atoms with Crippen molar-refractivity contribution in [1.82, 2.24) is 4.90 Å². The van der Waals surface area contributed by atoms with Gasteiger partial charge in [0.25, 0.3) is 5.91 Å². The number of likely N-dealkylation sites (tertiary alicyclic amines) is 1. The van der Waals surface area contributed by atoms with Gasteiger partial charge in [0.05, 0.1) is 11.4 Å². The number of nitrogens with zero attached hydrogens (tertiary/aromatic N) is 1. The lowest BCUT2D eigenvalue weighted by atomic mass is 10.1. The first-order chi connectivity index (χ1) is 10.3. The monoisotopic (exact) mass is 325 g/mol. The summed E-state index contributed by atoms with van der Waals surface area (Å²) in [6.45, 7) is 1.21. The van der Waals surface area contributed by atoms with Crippen LogP contribution in [0.25, 0.3) is 10.1 Å². The third-order valence-corrected chi connectivity index (χ3v) is 5.23. The van der Waals surface area contributed by atoms with Crippen molar-refractivity contribution in [2.45, 2.75) is 19.0 Å². The quantitative estimate of drug-likeness (QED) is 0.923. The topological polar surface area (TPSA) is 57.6 Å². The Bertz CT molecular complexity index is 788. The molecule has 1 atom stereocenters. The number of aryl methyl sites for hydroxylation is 1. The molecule has 0 aliphatic carbocycles. The molecule has 1 fully saturated rings. The molecule has 7 heteroatoms.